The Morgan fingerprint density at radius 3 is 2.36 bits per heavy atom. The summed E-state index contributed by atoms with van der Waals surface area (Å²) in [6.45, 7) is 0.0860. The van der Waals surface area contributed by atoms with Crippen LogP contribution in [0.15, 0.2) is 40.8 Å². The van der Waals surface area contributed by atoms with Crippen LogP contribution in [0.4, 0.5) is 14.9 Å². The lowest BCUT2D eigenvalue weighted by Crippen LogP contribution is -2.33. The number of benzene rings is 2. The van der Waals surface area contributed by atoms with Crippen LogP contribution in [0.25, 0.3) is 22.3 Å². The number of furan rings is 1. The number of ether oxygens (including phenoxy) is 3. The summed E-state index contributed by atoms with van der Waals surface area (Å²) >= 11 is 0. The van der Waals surface area contributed by atoms with E-state index in [0.29, 0.717) is 5.56 Å². The summed E-state index contributed by atoms with van der Waals surface area (Å²) in [7, 11) is -0.994. The zero-order chi connectivity index (χ0) is 24.3. The van der Waals surface area contributed by atoms with E-state index in [2.05, 4.69) is 4.74 Å². The van der Waals surface area contributed by atoms with E-state index in [0.717, 1.165) is 22.7 Å². The van der Waals surface area contributed by atoms with Crippen LogP contribution in [0.5, 0.6) is 5.75 Å². The van der Waals surface area contributed by atoms with Crippen molar-refractivity contribution in [3.05, 3.63) is 47.8 Å². The Bertz CT molecular complexity index is 1300. The second kappa shape index (κ2) is 9.46. The lowest BCUT2D eigenvalue weighted by atomic mass is 10.0. The average Bonchev–Trinajstić information content (AvgIpc) is 3.10. The van der Waals surface area contributed by atoms with Gasteiger partial charge >= 0.3 is 12.1 Å². The highest BCUT2D eigenvalue weighted by Crippen LogP contribution is 2.41. The lowest BCUT2D eigenvalue weighted by Gasteiger charge is -2.23. The Labute approximate surface area is 188 Å². The molecule has 3 aromatic rings. The molecule has 0 saturated carbocycles. The largest absolute Gasteiger partial charge is 0.495 e. The third kappa shape index (κ3) is 5.07. The summed E-state index contributed by atoms with van der Waals surface area (Å²) in [6, 6.07) is 7.81. The average molecular weight is 480 g/mol. The van der Waals surface area contributed by atoms with Crippen molar-refractivity contribution in [2.75, 3.05) is 37.9 Å². The number of nitrogens with zero attached hydrogens (tertiary/aromatic N) is 1. The lowest BCUT2D eigenvalue weighted by molar-refractivity contribution is 0.0640. The second-order valence-corrected chi connectivity index (χ2v) is 8.78. The summed E-state index contributed by atoms with van der Waals surface area (Å²) in [5.74, 6) is -1.54. The molecule has 1 aromatic heterocycles. The molecule has 3 rings (SSSR count). The number of carbonyl (C=O) groups excluding carboxylic acids is 2. The fraction of sp³-hybridized carbons (Fsp3) is 0.238. The number of methoxy groups -OCH3 is 2. The quantitative estimate of drug-likeness (QED) is 0.384. The Kier molecular flexibility index (Phi) is 6.89. The van der Waals surface area contributed by atoms with Crippen molar-refractivity contribution in [1.82, 2.24) is 0 Å². The van der Waals surface area contributed by atoms with Gasteiger partial charge < -0.3 is 24.4 Å². The molecule has 176 valence electrons. The molecule has 0 spiro atoms. The van der Waals surface area contributed by atoms with Crippen LogP contribution in [0.2, 0.25) is 0 Å². The van der Waals surface area contributed by atoms with Crippen molar-refractivity contribution in [2.24, 2.45) is 5.73 Å². The highest BCUT2D eigenvalue weighted by atomic mass is 32.2. The number of primary amides is 1. The third-order valence-corrected chi connectivity index (χ3v) is 5.84. The normalized spacial score (nSPS) is 11.4. The first-order valence-electron chi connectivity index (χ1n) is 9.45. The molecule has 0 aliphatic heterocycles. The van der Waals surface area contributed by atoms with Gasteiger partial charge in [0.25, 0.3) is 0 Å². The molecular formula is C21H21FN2O8S. The van der Waals surface area contributed by atoms with Crippen molar-refractivity contribution in [2.45, 2.75) is 0 Å². The minimum absolute atomic E-state index is 0.0146. The molecule has 10 nitrogen and oxygen atoms in total. The van der Waals surface area contributed by atoms with E-state index in [9.17, 15) is 22.4 Å². The van der Waals surface area contributed by atoms with E-state index in [1.807, 2.05) is 0 Å². The SMILES string of the molecule is COCCN(c1cc2oc(-c3ccc(F)cc3)c(C(=O)OC(N)=O)c2cc1OC)S(C)(=O)=O. The predicted octanol–water partition coefficient (Wildman–Crippen LogP) is 2.90. The fourth-order valence-electron chi connectivity index (χ4n) is 3.26. The van der Waals surface area contributed by atoms with Gasteiger partial charge in [-0.2, -0.15) is 0 Å². The van der Waals surface area contributed by atoms with E-state index in [1.54, 1.807) is 0 Å². The van der Waals surface area contributed by atoms with Gasteiger partial charge in [-0.15, -0.1) is 0 Å². The molecule has 0 unspecified atom stereocenters. The molecule has 2 aromatic carbocycles. The minimum atomic E-state index is -3.75. The van der Waals surface area contributed by atoms with Crippen LogP contribution in [-0.2, 0) is 19.5 Å². The number of fused-ring (bicyclic) bond motifs is 1. The standard InChI is InChI=1S/C21H21FN2O8S/c1-29-9-8-24(33(3,27)28)15-11-16-14(10-17(15)30-2)18(20(25)32-21(23)26)19(31-16)12-4-6-13(22)7-5-12/h4-7,10-11H,8-9H2,1-3H3,(H2,23,26). The van der Waals surface area contributed by atoms with E-state index in [4.69, 9.17) is 19.6 Å². The summed E-state index contributed by atoms with van der Waals surface area (Å²) in [6.07, 6.45) is -0.306. The number of sulfonamides is 1. The van der Waals surface area contributed by atoms with Crippen molar-refractivity contribution in [1.29, 1.82) is 0 Å². The molecule has 1 amide bonds. The molecule has 2 N–H and O–H groups in total. The van der Waals surface area contributed by atoms with E-state index < -0.39 is 27.9 Å². The molecule has 0 fully saturated rings. The van der Waals surface area contributed by atoms with Gasteiger partial charge in [0.1, 0.15) is 28.5 Å². The Morgan fingerprint density at radius 2 is 1.82 bits per heavy atom. The van der Waals surface area contributed by atoms with Crippen LogP contribution in [0, 0.1) is 5.82 Å². The summed E-state index contributed by atoms with van der Waals surface area (Å²) < 4.78 is 60.1. The monoisotopic (exact) mass is 480 g/mol. The van der Waals surface area contributed by atoms with Gasteiger partial charge in [0.15, 0.2) is 0 Å². The van der Waals surface area contributed by atoms with Crippen LogP contribution < -0.4 is 14.8 Å². The smallest absolute Gasteiger partial charge is 0.412 e. The van der Waals surface area contributed by atoms with Crippen molar-refractivity contribution >= 4 is 38.7 Å². The molecule has 1 heterocycles. The maximum absolute atomic E-state index is 13.4. The van der Waals surface area contributed by atoms with Gasteiger partial charge in [-0.3, -0.25) is 4.31 Å². The number of esters is 1. The molecular weight excluding hydrogens is 459 g/mol. The maximum atomic E-state index is 13.4. The zero-order valence-corrected chi connectivity index (χ0v) is 18.8. The zero-order valence-electron chi connectivity index (χ0n) is 18.0. The van der Waals surface area contributed by atoms with Gasteiger partial charge in [-0.25, -0.2) is 22.4 Å². The number of hydrogen-bond acceptors (Lipinski definition) is 8. The van der Waals surface area contributed by atoms with Gasteiger partial charge in [0.2, 0.25) is 10.0 Å². The Hall–Kier alpha value is -3.64. The van der Waals surface area contributed by atoms with Gasteiger partial charge in [0, 0.05) is 24.1 Å². The number of anilines is 1. The highest BCUT2D eigenvalue weighted by Gasteiger charge is 2.29. The number of rotatable bonds is 8. The molecule has 0 saturated heterocycles. The maximum Gasteiger partial charge on any atom is 0.412 e. The van der Waals surface area contributed by atoms with Crippen molar-refractivity contribution < 1.29 is 41.0 Å². The first kappa shape index (κ1) is 24.0. The van der Waals surface area contributed by atoms with Gasteiger partial charge in [-0.1, -0.05) is 0 Å². The third-order valence-electron chi connectivity index (χ3n) is 4.66. The van der Waals surface area contributed by atoms with Gasteiger partial charge in [-0.05, 0) is 30.3 Å². The molecule has 0 radical (unpaired) electrons. The summed E-state index contributed by atoms with van der Waals surface area (Å²) in [5, 5.41) is 0.168. The minimum Gasteiger partial charge on any atom is -0.495 e. The van der Waals surface area contributed by atoms with E-state index in [1.165, 1.54) is 38.5 Å². The van der Waals surface area contributed by atoms with Crippen LogP contribution >= 0.6 is 0 Å². The molecule has 33 heavy (non-hydrogen) atoms. The second-order valence-electron chi connectivity index (χ2n) is 6.87. The number of halogens is 1. The Morgan fingerprint density at radius 1 is 1.15 bits per heavy atom. The van der Waals surface area contributed by atoms with Crippen LogP contribution in [0.3, 0.4) is 0 Å². The first-order valence-corrected chi connectivity index (χ1v) is 11.3. The molecule has 0 bridgehead atoms. The van der Waals surface area contributed by atoms with E-state index in [-0.39, 0.29) is 46.9 Å². The van der Waals surface area contributed by atoms with E-state index >= 15 is 0 Å². The van der Waals surface area contributed by atoms with Crippen molar-refractivity contribution in [3.63, 3.8) is 0 Å². The number of nitrogens with two attached hydrogens (primary N) is 1. The number of hydrogen-bond donors (Lipinski definition) is 1. The molecule has 12 heteroatoms. The molecule has 0 aliphatic carbocycles. The molecule has 0 atom stereocenters. The van der Waals surface area contributed by atoms with Crippen molar-refractivity contribution in [3.8, 4) is 17.1 Å². The summed E-state index contributed by atoms with van der Waals surface area (Å²) in [5.41, 5.74) is 5.37. The van der Waals surface area contributed by atoms with Crippen LogP contribution in [-0.4, -0.2) is 54.1 Å². The summed E-state index contributed by atoms with van der Waals surface area (Å²) in [4.78, 5) is 23.9. The van der Waals surface area contributed by atoms with Gasteiger partial charge in [0.05, 0.1) is 32.2 Å². The highest BCUT2D eigenvalue weighted by molar-refractivity contribution is 7.92. The van der Waals surface area contributed by atoms with Crippen LogP contribution in [0.1, 0.15) is 10.4 Å². The number of carbonyl (C=O) groups is 2. The number of amides is 1. The first-order chi connectivity index (χ1) is 15.6. The molecule has 0 aliphatic rings. The topological polar surface area (TPSA) is 138 Å². The Balaban J connectivity index is 2.30. The predicted molar refractivity (Wildman–Crippen MR) is 117 cm³/mol. The fourth-order valence-corrected chi connectivity index (χ4v) is 4.17.